The molecule has 0 spiro atoms. The molecule has 0 aliphatic carbocycles. The lowest BCUT2D eigenvalue weighted by Crippen LogP contribution is -2.44. The van der Waals surface area contributed by atoms with Crippen LogP contribution in [0.3, 0.4) is 0 Å². The van der Waals surface area contributed by atoms with Crippen LogP contribution in [0.5, 0.6) is 0 Å². The highest BCUT2D eigenvalue weighted by Crippen LogP contribution is 2.21. The van der Waals surface area contributed by atoms with Crippen LogP contribution >= 0.6 is 0 Å². The van der Waals surface area contributed by atoms with Gasteiger partial charge in [-0.1, -0.05) is 13.8 Å². The number of rotatable bonds is 8. The fraction of sp³-hybridized carbons (Fsp3) is 0.625. The zero-order chi connectivity index (χ0) is 15.9. The molecular weight excluding hydrogens is 264 g/mol. The van der Waals surface area contributed by atoms with Crippen molar-refractivity contribution in [1.82, 2.24) is 9.88 Å². The van der Waals surface area contributed by atoms with Gasteiger partial charge in [0.15, 0.2) is 0 Å². The first-order chi connectivity index (χ1) is 10.1. The molecule has 0 unspecified atom stereocenters. The third-order valence-electron chi connectivity index (χ3n) is 4.18. The Kier molecular flexibility index (Phi) is 6.62. The number of anilines is 1. The summed E-state index contributed by atoms with van der Waals surface area (Å²) in [6.07, 6.45) is 3.54. The van der Waals surface area contributed by atoms with Crippen molar-refractivity contribution in [3.63, 3.8) is 0 Å². The van der Waals surface area contributed by atoms with Gasteiger partial charge in [-0.05, 0) is 38.8 Å². The maximum absolute atomic E-state index is 12.3. The number of nitrogens with zero attached hydrogens (tertiary/aromatic N) is 2. The van der Waals surface area contributed by atoms with Gasteiger partial charge in [0, 0.05) is 37.1 Å². The smallest absolute Gasteiger partial charge is 0.272 e. The van der Waals surface area contributed by atoms with E-state index in [0.29, 0.717) is 25.3 Å². The van der Waals surface area contributed by atoms with Gasteiger partial charge < -0.3 is 16.0 Å². The van der Waals surface area contributed by atoms with Crippen LogP contribution in [0, 0.1) is 0 Å². The number of nitrogens with one attached hydrogen (secondary N) is 1. The second-order valence-corrected chi connectivity index (χ2v) is 5.22. The van der Waals surface area contributed by atoms with E-state index in [1.807, 2.05) is 26.0 Å². The first-order valence-electron chi connectivity index (χ1n) is 7.79. The topological polar surface area (TPSA) is 71.2 Å². The molecule has 118 valence electrons. The second kappa shape index (κ2) is 7.98. The molecule has 5 heteroatoms. The molecule has 1 aromatic rings. The Bertz CT molecular complexity index is 445. The molecule has 0 aliphatic heterocycles. The minimum absolute atomic E-state index is 0.0324. The SMILES string of the molecule is CCN(CC)C(=O)c1cc(NC(CC)(CC)CN)ccn1. The molecule has 0 fully saturated rings. The van der Waals surface area contributed by atoms with Crippen LogP contribution in [0.1, 0.15) is 51.0 Å². The van der Waals surface area contributed by atoms with E-state index in [2.05, 4.69) is 24.1 Å². The fourth-order valence-corrected chi connectivity index (χ4v) is 2.37. The van der Waals surface area contributed by atoms with Crippen LogP contribution in [0.25, 0.3) is 0 Å². The maximum atomic E-state index is 12.3. The number of pyridine rings is 1. The highest BCUT2D eigenvalue weighted by atomic mass is 16.2. The molecule has 0 saturated carbocycles. The van der Waals surface area contributed by atoms with Crippen molar-refractivity contribution >= 4 is 11.6 Å². The van der Waals surface area contributed by atoms with Gasteiger partial charge in [0.1, 0.15) is 5.69 Å². The number of nitrogens with two attached hydrogens (primary N) is 1. The van der Waals surface area contributed by atoms with Crippen molar-refractivity contribution in [2.75, 3.05) is 25.0 Å². The van der Waals surface area contributed by atoms with Crippen LogP contribution in [0.2, 0.25) is 0 Å². The van der Waals surface area contributed by atoms with Gasteiger partial charge in [0.05, 0.1) is 0 Å². The van der Waals surface area contributed by atoms with Gasteiger partial charge >= 0.3 is 0 Å². The summed E-state index contributed by atoms with van der Waals surface area (Å²) in [4.78, 5) is 18.3. The molecular formula is C16H28N4O. The van der Waals surface area contributed by atoms with E-state index in [-0.39, 0.29) is 11.4 Å². The lowest BCUT2D eigenvalue weighted by molar-refractivity contribution is 0.0767. The van der Waals surface area contributed by atoms with E-state index >= 15 is 0 Å². The zero-order valence-electron chi connectivity index (χ0n) is 13.6. The Hall–Kier alpha value is -1.62. The summed E-state index contributed by atoms with van der Waals surface area (Å²) in [5.74, 6) is -0.0324. The normalized spacial score (nSPS) is 11.3. The first kappa shape index (κ1) is 17.4. The molecule has 0 aromatic carbocycles. The quantitative estimate of drug-likeness (QED) is 0.772. The predicted molar refractivity (Wildman–Crippen MR) is 87.5 cm³/mol. The summed E-state index contributed by atoms with van der Waals surface area (Å²) in [5, 5.41) is 3.48. The summed E-state index contributed by atoms with van der Waals surface area (Å²) in [7, 11) is 0. The largest absolute Gasteiger partial charge is 0.378 e. The van der Waals surface area contributed by atoms with Crippen molar-refractivity contribution in [3.05, 3.63) is 24.0 Å². The molecule has 0 atom stereocenters. The van der Waals surface area contributed by atoms with Crippen LogP contribution in [0.4, 0.5) is 5.69 Å². The minimum atomic E-state index is -0.128. The molecule has 1 rings (SSSR count). The molecule has 5 nitrogen and oxygen atoms in total. The maximum Gasteiger partial charge on any atom is 0.272 e. The molecule has 0 radical (unpaired) electrons. The van der Waals surface area contributed by atoms with Gasteiger partial charge in [-0.15, -0.1) is 0 Å². The van der Waals surface area contributed by atoms with Gasteiger partial charge in [-0.2, -0.15) is 0 Å². The number of hydrogen-bond donors (Lipinski definition) is 2. The van der Waals surface area contributed by atoms with Crippen molar-refractivity contribution in [3.8, 4) is 0 Å². The minimum Gasteiger partial charge on any atom is -0.378 e. The monoisotopic (exact) mass is 292 g/mol. The Morgan fingerprint density at radius 3 is 2.38 bits per heavy atom. The van der Waals surface area contributed by atoms with Crippen LogP contribution in [0.15, 0.2) is 18.3 Å². The summed E-state index contributed by atoms with van der Waals surface area (Å²) in [6.45, 7) is 10.1. The molecule has 3 N–H and O–H groups in total. The highest BCUT2D eigenvalue weighted by Gasteiger charge is 2.24. The average molecular weight is 292 g/mol. The standard InChI is InChI=1S/C16H28N4O/c1-5-16(6-2,12-17)19-13-9-10-18-14(11-13)15(21)20(7-3)8-4/h9-11H,5-8,12,17H2,1-4H3,(H,18,19). The summed E-state index contributed by atoms with van der Waals surface area (Å²) < 4.78 is 0. The molecule has 0 aliphatic rings. The second-order valence-electron chi connectivity index (χ2n) is 5.22. The molecule has 1 aromatic heterocycles. The lowest BCUT2D eigenvalue weighted by Gasteiger charge is -2.32. The summed E-state index contributed by atoms with van der Waals surface area (Å²) in [5.41, 5.74) is 7.16. The Morgan fingerprint density at radius 2 is 1.90 bits per heavy atom. The Balaban J connectivity index is 2.98. The van der Waals surface area contributed by atoms with Gasteiger partial charge in [-0.25, -0.2) is 0 Å². The fourth-order valence-electron chi connectivity index (χ4n) is 2.37. The third kappa shape index (κ3) is 4.17. The van der Waals surface area contributed by atoms with Crippen molar-refractivity contribution in [2.24, 2.45) is 5.73 Å². The van der Waals surface area contributed by atoms with E-state index in [1.54, 1.807) is 11.1 Å². The van der Waals surface area contributed by atoms with Crippen molar-refractivity contribution in [2.45, 2.75) is 46.1 Å². The molecule has 0 saturated heterocycles. The number of carbonyl (C=O) groups excluding carboxylic acids is 1. The number of carbonyl (C=O) groups is 1. The van der Waals surface area contributed by atoms with Gasteiger partial charge in [-0.3, -0.25) is 9.78 Å². The van der Waals surface area contributed by atoms with Crippen LogP contribution < -0.4 is 11.1 Å². The molecule has 1 heterocycles. The average Bonchev–Trinajstić information content (AvgIpc) is 2.54. The van der Waals surface area contributed by atoms with Gasteiger partial charge in [0.25, 0.3) is 5.91 Å². The zero-order valence-corrected chi connectivity index (χ0v) is 13.6. The van der Waals surface area contributed by atoms with Crippen LogP contribution in [-0.2, 0) is 0 Å². The number of aromatic nitrogens is 1. The van der Waals surface area contributed by atoms with Crippen LogP contribution in [-0.4, -0.2) is 41.0 Å². The van der Waals surface area contributed by atoms with Gasteiger partial charge in [0.2, 0.25) is 0 Å². The lowest BCUT2D eigenvalue weighted by atomic mass is 9.92. The third-order valence-corrected chi connectivity index (χ3v) is 4.18. The first-order valence-corrected chi connectivity index (χ1v) is 7.79. The molecule has 21 heavy (non-hydrogen) atoms. The van der Waals surface area contributed by atoms with E-state index < -0.39 is 0 Å². The number of amides is 1. The van der Waals surface area contributed by atoms with E-state index in [9.17, 15) is 4.79 Å². The van der Waals surface area contributed by atoms with E-state index in [4.69, 9.17) is 5.73 Å². The summed E-state index contributed by atoms with van der Waals surface area (Å²) in [6, 6.07) is 3.70. The number of hydrogen-bond acceptors (Lipinski definition) is 4. The highest BCUT2D eigenvalue weighted by molar-refractivity contribution is 5.93. The van der Waals surface area contributed by atoms with E-state index in [0.717, 1.165) is 18.5 Å². The predicted octanol–water partition coefficient (Wildman–Crippen LogP) is 2.49. The molecule has 1 amide bonds. The summed E-state index contributed by atoms with van der Waals surface area (Å²) >= 11 is 0. The molecule has 0 bridgehead atoms. The Morgan fingerprint density at radius 1 is 1.29 bits per heavy atom. The van der Waals surface area contributed by atoms with E-state index in [1.165, 1.54) is 0 Å². The van der Waals surface area contributed by atoms with Crippen molar-refractivity contribution < 1.29 is 4.79 Å². The van der Waals surface area contributed by atoms with Crippen molar-refractivity contribution in [1.29, 1.82) is 0 Å². The Labute approximate surface area is 127 Å².